The number of carbonyl (C=O) groups excluding carboxylic acids is 1. The number of hydrogen-bond acceptors (Lipinski definition) is 6. The molecule has 4 heterocycles. The molecule has 1 aromatic carbocycles. The molecule has 0 saturated carbocycles. The summed E-state index contributed by atoms with van der Waals surface area (Å²) >= 11 is 0. The van der Waals surface area contributed by atoms with Crippen molar-refractivity contribution in [3.8, 4) is 22.5 Å². The average Bonchev–Trinajstić information content (AvgIpc) is 3.32. The SMILES string of the molecule is Cc1cccc(-c2[nH]ncc2-c2ccc3nccc(C(=O)OCC4CCNCC4)c3c2)n1. The van der Waals surface area contributed by atoms with Crippen LogP contribution >= 0.6 is 0 Å². The first kappa shape index (κ1) is 20.3. The van der Waals surface area contributed by atoms with Gasteiger partial charge in [-0.3, -0.25) is 15.1 Å². The Labute approximate surface area is 186 Å². The van der Waals surface area contributed by atoms with E-state index in [1.54, 1.807) is 18.5 Å². The number of aromatic amines is 1. The van der Waals surface area contributed by atoms with Gasteiger partial charge in [0.25, 0.3) is 0 Å². The quantitative estimate of drug-likeness (QED) is 0.465. The Morgan fingerprint density at radius 3 is 2.88 bits per heavy atom. The molecule has 0 unspecified atom stereocenters. The highest BCUT2D eigenvalue weighted by molar-refractivity contribution is 6.04. The first-order chi connectivity index (χ1) is 15.7. The predicted octanol–water partition coefficient (Wildman–Crippen LogP) is 4.15. The largest absolute Gasteiger partial charge is 0.462 e. The molecule has 7 nitrogen and oxygen atoms in total. The maximum Gasteiger partial charge on any atom is 0.338 e. The summed E-state index contributed by atoms with van der Waals surface area (Å²) in [4.78, 5) is 22.0. The second-order valence-corrected chi connectivity index (χ2v) is 8.21. The van der Waals surface area contributed by atoms with Crippen LogP contribution in [0.3, 0.4) is 0 Å². The molecular weight excluding hydrogens is 402 g/mol. The number of rotatable bonds is 5. The maximum atomic E-state index is 12.9. The van der Waals surface area contributed by atoms with E-state index in [0.29, 0.717) is 18.1 Å². The fourth-order valence-corrected chi connectivity index (χ4v) is 4.19. The van der Waals surface area contributed by atoms with E-state index >= 15 is 0 Å². The van der Waals surface area contributed by atoms with Gasteiger partial charge in [0.05, 0.1) is 35.3 Å². The molecule has 2 N–H and O–H groups in total. The summed E-state index contributed by atoms with van der Waals surface area (Å²) in [5.41, 5.74) is 5.74. The molecule has 0 bridgehead atoms. The number of fused-ring (bicyclic) bond motifs is 1. The second kappa shape index (κ2) is 8.88. The van der Waals surface area contributed by atoms with E-state index in [9.17, 15) is 4.79 Å². The van der Waals surface area contributed by atoms with Gasteiger partial charge in [0.15, 0.2) is 0 Å². The third-order valence-corrected chi connectivity index (χ3v) is 5.97. The van der Waals surface area contributed by atoms with Gasteiger partial charge in [0, 0.05) is 22.8 Å². The van der Waals surface area contributed by atoms with Gasteiger partial charge in [-0.15, -0.1) is 0 Å². The third kappa shape index (κ3) is 4.11. The highest BCUT2D eigenvalue weighted by Crippen LogP contribution is 2.32. The lowest BCUT2D eigenvalue weighted by Gasteiger charge is -2.22. The first-order valence-corrected chi connectivity index (χ1v) is 10.9. The third-order valence-electron chi connectivity index (χ3n) is 5.97. The Hall–Kier alpha value is -3.58. The number of carbonyl (C=O) groups is 1. The lowest BCUT2D eigenvalue weighted by atomic mass is 9.99. The Balaban J connectivity index is 1.47. The van der Waals surface area contributed by atoms with Gasteiger partial charge in [-0.25, -0.2) is 4.79 Å². The number of aromatic nitrogens is 4. The summed E-state index contributed by atoms with van der Waals surface area (Å²) < 4.78 is 5.69. The number of benzene rings is 1. The summed E-state index contributed by atoms with van der Waals surface area (Å²) in [5.74, 6) is 0.111. The Bertz CT molecular complexity index is 1260. The summed E-state index contributed by atoms with van der Waals surface area (Å²) in [7, 11) is 0. The van der Waals surface area contributed by atoms with Crippen LogP contribution in [-0.2, 0) is 4.74 Å². The molecule has 1 aliphatic rings. The topological polar surface area (TPSA) is 92.8 Å². The number of H-pyrrole nitrogens is 1. The number of esters is 1. The molecule has 0 aliphatic carbocycles. The van der Waals surface area contributed by atoms with Gasteiger partial charge in [-0.1, -0.05) is 12.1 Å². The lowest BCUT2D eigenvalue weighted by Crippen LogP contribution is -2.30. The van der Waals surface area contributed by atoms with Crippen LogP contribution in [-0.4, -0.2) is 45.8 Å². The number of ether oxygens (including phenoxy) is 1. The van der Waals surface area contributed by atoms with E-state index in [4.69, 9.17) is 4.74 Å². The number of aryl methyl sites for hydroxylation is 1. The highest BCUT2D eigenvalue weighted by atomic mass is 16.5. The predicted molar refractivity (Wildman–Crippen MR) is 123 cm³/mol. The maximum absolute atomic E-state index is 12.9. The fourth-order valence-electron chi connectivity index (χ4n) is 4.19. The minimum absolute atomic E-state index is 0.305. The Morgan fingerprint density at radius 2 is 2.03 bits per heavy atom. The van der Waals surface area contributed by atoms with Crippen molar-refractivity contribution >= 4 is 16.9 Å². The monoisotopic (exact) mass is 427 g/mol. The molecule has 0 radical (unpaired) electrons. The molecular formula is C25H25N5O2. The van der Waals surface area contributed by atoms with Gasteiger partial charge in [-0.2, -0.15) is 5.10 Å². The number of pyridine rings is 2. The molecule has 3 aromatic heterocycles. The van der Waals surface area contributed by atoms with Crippen molar-refractivity contribution in [2.45, 2.75) is 19.8 Å². The van der Waals surface area contributed by atoms with Crippen LogP contribution < -0.4 is 5.32 Å². The normalized spacial score (nSPS) is 14.5. The first-order valence-electron chi connectivity index (χ1n) is 10.9. The van der Waals surface area contributed by atoms with Gasteiger partial charge >= 0.3 is 5.97 Å². The van der Waals surface area contributed by atoms with E-state index in [1.807, 2.05) is 43.3 Å². The number of hydrogen-bond donors (Lipinski definition) is 2. The fraction of sp³-hybridized carbons (Fsp3) is 0.280. The summed E-state index contributed by atoms with van der Waals surface area (Å²) in [6.07, 6.45) is 5.50. The van der Waals surface area contributed by atoms with Crippen LogP contribution in [0.2, 0.25) is 0 Å². The van der Waals surface area contributed by atoms with E-state index in [-0.39, 0.29) is 5.97 Å². The molecule has 32 heavy (non-hydrogen) atoms. The highest BCUT2D eigenvalue weighted by Gasteiger charge is 2.19. The zero-order valence-electron chi connectivity index (χ0n) is 18.0. The van der Waals surface area contributed by atoms with Crippen LogP contribution in [0.25, 0.3) is 33.4 Å². The van der Waals surface area contributed by atoms with Gasteiger partial charge < -0.3 is 10.1 Å². The van der Waals surface area contributed by atoms with Crippen molar-refractivity contribution in [2.24, 2.45) is 5.92 Å². The molecule has 5 rings (SSSR count). The van der Waals surface area contributed by atoms with Crippen LogP contribution in [0.1, 0.15) is 28.9 Å². The van der Waals surface area contributed by atoms with E-state index in [2.05, 4.69) is 25.5 Å². The molecule has 1 saturated heterocycles. The van der Waals surface area contributed by atoms with Crippen molar-refractivity contribution in [3.05, 3.63) is 66.1 Å². The standard InChI is InChI=1S/C25H25N5O2/c1-16-3-2-4-23(29-16)24-21(14-28-30-24)18-5-6-22-20(13-18)19(9-12-27-22)25(31)32-15-17-7-10-26-11-8-17/h2-6,9,12-14,17,26H,7-8,10-11,15H2,1H3,(H,28,30). The molecule has 0 spiro atoms. The number of piperidine rings is 1. The van der Waals surface area contributed by atoms with Crippen molar-refractivity contribution in [1.82, 2.24) is 25.5 Å². The lowest BCUT2D eigenvalue weighted by molar-refractivity contribution is 0.0418. The molecule has 7 heteroatoms. The Kier molecular flexibility index (Phi) is 5.64. The number of nitrogens with zero attached hydrogens (tertiary/aromatic N) is 3. The minimum Gasteiger partial charge on any atom is -0.462 e. The van der Waals surface area contributed by atoms with Crippen LogP contribution in [0.4, 0.5) is 0 Å². The minimum atomic E-state index is -0.305. The smallest absolute Gasteiger partial charge is 0.338 e. The van der Waals surface area contributed by atoms with Crippen molar-refractivity contribution in [3.63, 3.8) is 0 Å². The van der Waals surface area contributed by atoms with Crippen LogP contribution in [0.15, 0.2) is 54.9 Å². The van der Waals surface area contributed by atoms with E-state index in [1.165, 1.54) is 0 Å². The van der Waals surface area contributed by atoms with Gasteiger partial charge in [0.2, 0.25) is 0 Å². The molecule has 1 aliphatic heterocycles. The van der Waals surface area contributed by atoms with Gasteiger partial charge in [0.1, 0.15) is 0 Å². The van der Waals surface area contributed by atoms with Gasteiger partial charge in [-0.05, 0) is 74.7 Å². The van der Waals surface area contributed by atoms with E-state index < -0.39 is 0 Å². The number of nitrogens with one attached hydrogen (secondary N) is 2. The van der Waals surface area contributed by atoms with Crippen molar-refractivity contribution in [1.29, 1.82) is 0 Å². The van der Waals surface area contributed by atoms with E-state index in [0.717, 1.165) is 65.0 Å². The average molecular weight is 428 g/mol. The van der Waals surface area contributed by atoms with Crippen LogP contribution in [0.5, 0.6) is 0 Å². The molecule has 0 atom stereocenters. The van der Waals surface area contributed by atoms with Crippen molar-refractivity contribution < 1.29 is 9.53 Å². The van der Waals surface area contributed by atoms with Crippen molar-refractivity contribution in [2.75, 3.05) is 19.7 Å². The second-order valence-electron chi connectivity index (χ2n) is 8.21. The molecule has 0 amide bonds. The molecule has 4 aromatic rings. The summed E-state index contributed by atoms with van der Waals surface area (Å²) in [6, 6.07) is 13.5. The van der Waals surface area contributed by atoms with Crippen LogP contribution in [0, 0.1) is 12.8 Å². The molecule has 162 valence electrons. The summed E-state index contributed by atoms with van der Waals surface area (Å²) in [6.45, 7) is 4.37. The zero-order valence-corrected chi connectivity index (χ0v) is 18.0. The zero-order chi connectivity index (χ0) is 21.9. The summed E-state index contributed by atoms with van der Waals surface area (Å²) in [5, 5.41) is 11.4. The Morgan fingerprint density at radius 1 is 1.16 bits per heavy atom. The molecule has 1 fully saturated rings.